The SMILES string of the molecule is C=C(Cl)/C(C[C@H](OC(=O)Cc1cccc(CNC(C(=O)O[C@H]2CN3CCC2CC3)c2ccccc2)c1)c1ccc(OC(F)F)c(OCC2CC2)c1)=C(\C)Cl. The number of allylic oxidation sites excluding steroid dienone is 2. The molecule has 3 saturated heterocycles. The molecule has 1 saturated carbocycles. The first-order chi connectivity index (χ1) is 26.0. The summed E-state index contributed by atoms with van der Waals surface area (Å²) in [6.45, 7) is 6.02. The van der Waals surface area contributed by atoms with Crippen LogP contribution in [0.15, 0.2) is 95.0 Å². The summed E-state index contributed by atoms with van der Waals surface area (Å²) in [4.78, 5) is 29.5. The second kappa shape index (κ2) is 18.6. The van der Waals surface area contributed by atoms with Crippen LogP contribution >= 0.6 is 23.2 Å². The third-order valence-electron chi connectivity index (χ3n) is 10.2. The van der Waals surface area contributed by atoms with Gasteiger partial charge in [-0.05, 0) is 97.5 Å². The molecular weight excluding hydrogens is 737 g/mol. The van der Waals surface area contributed by atoms with Gasteiger partial charge in [0.05, 0.1) is 13.0 Å². The largest absolute Gasteiger partial charge is 0.489 e. The zero-order chi connectivity index (χ0) is 38.2. The van der Waals surface area contributed by atoms with Gasteiger partial charge in [0.1, 0.15) is 18.2 Å². The van der Waals surface area contributed by atoms with Gasteiger partial charge >= 0.3 is 18.6 Å². The van der Waals surface area contributed by atoms with Gasteiger partial charge in [-0.2, -0.15) is 8.78 Å². The van der Waals surface area contributed by atoms with E-state index in [-0.39, 0.29) is 41.4 Å². The fourth-order valence-corrected chi connectivity index (χ4v) is 7.51. The summed E-state index contributed by atoms with van der Waals surface area (Å²) in [5.74, 6) is -0.0794. The smallest absolute Gasteiger partial charge is 0.387 e. The van der Waals surface area contributed by atoms with Crippen molar-refractivity contribution in [3.63, 3.8) is 0 Å². The lowest BCUT2D eigenvalue weighted by Gasteiger charge is -2.44. The summed E-state index contributed by atoms with van der Waals surface area (Å²) in [6.07, 6.45) is 3.10. The van der Waals surface area contributed by atoms with Gasteiger partial charge in [-0.1, -0.05) is 90.4 Å². The number of nitrogens with one attached hydrogen (secondary N) is 1. The van der Waals surface area contributed by atoms with Gasteiger partial charge in [0.15, 0.2) is 11.5 Å². The normalized spacial score (nSPS) is 20.8. The molecule has 4 fully saturated rings. The topological polar surface area (TPSA) is 86.3 Å². The Morgan fingerprint density at radius 2 is 1.67 bits per heavy atom. The minimum Gasteiger partial charge on any atom is -0.489 e. The quantitative estimate of drug-likeness (QED) is 0.101. The Hall–Kier alpha value is -3.96. The number of rotatable bonds is 18. The fraction of sp³-hybridized carbons (Fsp3) is 0.429. The van der Waals surface area contributed by atoms with Crippen molar-refractivity contribution in [3.8, 4) is 11.5 Å². The number of alkyl halides is 2. The van der Waals surface area contributed by atoms with E-state index in [9.17, 15) is 18.4 Å². The number of hydrogen-bond acceptors (Lipinski definition) is 8. The Labute approximate surface area is 325 Å². The molecule has 3 aromatic rings. The van der Waals surface area contributed by atoms with Gasteiger partial charge in [-0.3, -0.25) is 15.0 Å². The van der Waals surface area contributed by atoms with Gasteiger partial charge < -0.3 is 18.9 Å². The van der Waals surface area contributed by atoms with E-state index in [1.807, 2.05) is 54.6 Å². The van der Waals surface area contributed by atoms with Crippen molar-refractivity contribution in [2.75, 3.05) is 26.2 Å². The van der Waals surface area contributed by atoms with Crippen LogP contribution in [-0.2, 0) is 32.0 Å². The Kier molecular flexibility index (Phi) is 13.7. The number of nitrogens with zero attached hydrogens (tertiary/aromatic N) is 1. The van der Waals surface area contributed by atoms with Gasteiger partial charge in [-0.15, -0.1) is 0 Å². The Balaban J connectivity index is 1.15. The minimum atomic E-state index is -3.04. The molecule has 0 spiro atoms. The van der Waals surface area contributed by atoms with E-state index in [2.05, 4.69) is 16.8 Å². The maximum Gasteiger partial charge on any atom is 0.387 e. The standard InChI is InChI=1S/C42H46Cl2F2N2O6/c1-26(43)34(27(2)44)22-36(33-13-14-35(54-42(45)46)37(21-33)51-25-28-11-12-28)52-39(49)20-29-7-6-8-30(19-29)23-47-40(32-9-4-3-5-10-32)41(50)53-38-24-48-17-15-31(38)16-18-48/h3-10,13-14,19,21,28,31,36,38,40,42,47H,1,11-12,15-18,20,22-25H2,2H3/b34-27+/t36-,38-,40?/m0/s1. The Bertz CT molecular complexity index is 1810. The highest BCUT2D eigenvalue weighted by Gasteiger charge is 2.38. The number of carbonyl (C=O) groups is 2. The molecule has 3 aromatic carbocycles. The highest BCUT2D eigenvalue weighted by Crippen LogP contribution is 2.39. The van der Waals surface area contributed by atoms with Crippen molar-refractivity contribution in [1.82, 2.24) is 10.2 Å². The van der Waals surface area contributed by atoms with Crippen LogP contribution in [0.1, 0.15) is 73.4 Å². The summed E-state index contributed by atoms with van der Waals surface area (Å²) >= 11 is 12.7. The van der Waals surface area contributed by atoms with Crippen LogP contribution in [0.4, 0.5) is 8.78 Å². The third-order valence-corrected chi connectivity index (χ3v) is 10.7. The van der Waals surface area contributed by atoms with Crippen LogP contribution in [0.2, 0.25) is 0 Å². The molecule has 2 bridgehead atoms. The van der Waals surface area contributed by atoms with Crippen molar-refractivity contribution in [1.29, 1.82) is 0 Å². The van der Waals surface area contributed by atoms with E-state index in [1.165, 1.54) is 6.07 Å². The fourth-order valence-electron chi connectivity index (χ4n) is 7.06. The number of piperidine rings is 3. The summed E-state index contributed by atoms with van der Waals surface area (Å²) in [5.41, 5.74) is 3.34. The lowest BCUT2D eigenvalue weighted by molar-refractivity contribution is -0.161. The van der Waals surface area contributed by atoms with Crippen LogP contribution in [-0.4, -0.2) is 55.8 Å². The van der Waals surface area contributed by atoms with Crippen LogP contribution in [0, 0.1) is 11.8 Å². The van der Waals surface area contributed by atoms with Crippen LogP contribution in [0.25, 0.3) is 0 Å². The molecule has 3 heterocycles. The van der Waals surface area contributed by atoms with E-state index < -0.39 is 24.7 Å². The summed E-state index contributed by atoms with van der Waals surface area (Å²) in [6, 6.07) is 20.8. The molecule has 54 heavy (non-hydrogen) atoms. The first-order valence-corrected chi connectivity index (χ1v) is 19.2. The average molecular weight is 784 g/mol. The predicted octanol–water partition coefficient (Wildman–Crippen LogP) is 9.03. The number of benzene rings is 3. The molecule has 1 N–H and O–H groups in total. The highest BCUT2D eigenvalue weighted by atomic mass is 35.5. The first-order valence-electron chi connectivity index (χ1n) is 18.4. The third kappa shape index (κ3) is 11.1. The van der Waals surface area contributed by atoms with Crippen molar-refractivity contribution in [3.05, 3.63) is 117 Å². The van der Waals surface area contributed by atoms with E-state index in [0.29, 0.717) is 46.7 Å². The van der Waals surface area contributed by atoms with Crippen LogP contribution in [0.5, 0.6) is 11.5 Å². The number of esters is 2. The number of ether oxygens (including phenoxy) is 4. The number of hydrogen-bond donors (Lipinski definition) is 1. The zero-order valence-electron chi connectivity index (χ0n) is 30.3. The van der Waals surface area contributed by atoms with E-state index >= 15 is 0 Å². The van der Waals surface area contributed by atoms with Gasteiger partial charge in [0.2, 0.25) is 0 Å². The van der Waals surface area contributed by atoms with E-state index in [1.54, 1.807) is 19.1 Å². The molecule has 12 heteroatoms. The number of halogens is 4. The summed E-state index contributed by atoms with van der Waals surface area (Å²) in [7, 11) is 0. The predicted molar refractivity (Wildman–Crippen MR) is 204 cm³/mol. The summed E-state index contributed by atoms with van der Waals surface area (Å²) < 4.78 is 49.2. The van der Waals surface area contributed by atoms with Crippen molar-refractivity contribution >= 4 is 35.1 Å². The number of carbonyl (C=O) groups excluding carboxylic acids is 2. The lowest BCUT2D eigenvalue weighted by Crippen LogP contribution is -2.52. The highest BCUT2D eigenvalue weighted by molar-refractivity contribution is 6.35. The molecular formula is C42H46Cl2F2N2O6. The van der Waals surface area contributed by atoms with Crippen molar-refractivity contribution in [2.45, 2.75) is 76.9 Å². The van der Waals surface area contributed by atoms with Crippen LogP contribution in [0.3, 0.4) is 0 Å². The van der Waals surface area contributed by atoms with Crippen molar-refractivity contribution in [2.24, 2.45) is 11.8 Å². The van der Waals surface area contributed by atoms with Gasteiger partial charge in [0.25, 0.3) is 0 Å². The molecule has 8 nitrogen and oxygen atoms in total. The molecule has 3 atom stereocenters. The molecule has 0 radical (unpaired) electrons. The lowest BCUT2D eigenvalue weighted by atomic mass is 9.86. The van der Waals surface area contributed by atoms with E-state index in [4.69, 9.17) is 42.1 Å². The number of fused-ring (bicyclic) bond motifs is 3. The maximum atomic E-state index is 13.6. The molecule has 0 aromatic heterocycles. The average Bonchev–Trinajstić information content (AvgIpc) is 3.98. The molecule has 4 aliphatic rings. The second-order valence-electron chi connectivity index (χ2n) is 14.3. The van der Waals surface area contributed by atoms with Gasteiger partial charge in [-0.25, -0.2) is 4.79 Å². The molecule has 1 unspecified atom stereocenters. The van der Waals surface area contributed by atoms with Gasteiger partial charge in [0, 0.05) is 29.6 Å². The zero-order valence-corrected chi connectivity index (χ0v) is 31.8. The molecule has 7 rings (SSSR count). The summed E-state index contributed by atoms with van der Waals surface area (Å²) in [5, 5.41) is 3.96. The molecule has 3 aliphatic heterocycles. The molecule has 288 valence electrons. The monoisotopic (exact) mass is 782 g/mol. The molecule has 1 aliphatic carbocycles. The van der Waals surface area contributed by atoms with E-state index in [0.717, 1.165) is 56.4 Å². The maximum absolute atomic E-state index is 13.6. The Morgan fingerprint density at radius 3 is 2.31 bits per heavy atom. The second-order valence-corrected chi connectivity index (χ2v) is 15.3. The first kappa shape index (κ1) is 39.7. The van der Waals surface area contributed by atoms with Crippen molar-refractivity contribution < 1.29 is 37.3 Å². The van der Waals surface area contributed by atoms with Crippen LogP contribution < -0.4 is 14.8 Å². The molecule has 0 amide bonds. The minimum absolute atomic E-state index is 0.0631. The Morgan fingerprint density at radius 1 is 0.926 bits per heavy atom.